The van der Waals surface area contributed by atoms with E-state index in [0.29, 0.717) is 5.41 Å². The highest BCUT2D eigenvalue weighted by Gasteiger charge is 1.95. The zero-order chi connectivity index (χ0) is 18.0. The quantitative estimate of drug-likeness (QED) is 0.501. The molecule has 2 rings (SSSR count). The molecule has 0 N–H and O–H groups in total. The summed E-state index contributed by atoms with van der Waals surface area (Å²) < 4.78 is 0. The molecule has 0 aliphatic heterocycles. The van der Waals surface area contributed by atoms with Crippen molar-refractivity contribution in [3.8, 4) is 0 Å². The Labute approximate surface area is 145 Å². The first-order chi connectivity index (χ1) is 10.8. The molecule has 0 saturated carbocycles. The molecule has 0 nitrogen and oxygen atoms in total. The first kappa shape index (κ1) is 23.4. The maximum absolute atomic E-state index is 3.48. The van der Waals surface area contributed by atoms with Crippen LogP contribution in [0.4, 0.5) is 0 Å². The molecule has 0 bridgehead atoms. The van der Waals surface area contributed by atoms with Crippen molar-refractivity contribution in [1.29, 1.82) is 0 Å². The molecule has 0 spiro atoms. The Morgan fingerprint density at radius 1 is 0.739 bits per heavy atom. The van der Waals surface area contributed by atoms with Crippen molar-refractivity contribution >= 4 is 0 Å². The van der Waals surface area contributed by atoms with Crippen LogP contribution in [-0.4, -0.2) is 0 Å². The molecule has 0 heteroatoms. The van der Waals surface area contributed by atoms with Gasteiger partial charge in [-0.25, -0.2) is 0 Å². The predicted octanol–water partition coefficient (Wildman–Crippen LogP) is 7.57. The van der Waals surface area contributed by atoms with Crippen LogP contribution >= 0.6 is 0 Å². The van der Waals surface area contributed by atoms with Crippen molar-refractivity contribution in [1.82, 2.24) is 0 Å². The molecular weight excluding hydrogens is 276 g/mol. The van der Waals surface area contributed by atoms with Crippen LogP contribution in [0.25, 0.3) is 0 Å². The Bertz CT molecular complexity index is 402. The van der Waals surface area contributed by atoms with Crippen LogP contribution in [0.3, 0.4) is 0 Å². The fraction of sp³-hybridized carbons (Fsp3) is 0.391. The number of aryl methyl sites for hydroxylation is 1. The van der Waals surface area contributed by atoms with Crippen LogP contribution in [0.1, 0.15) is 53.5 Å². The lowest BCUT2D eigenvalue weighted by Gasteiger charge is -2.05. The smallest absolute Gasteiger partial charge is 0.0307 e. The lowest BCUT2D eigenvalue weighted by molar-refractivity contribution is 0.469. The molecule has 0 aromatic heterocycles. The molecule has 0 saturated heterocycles. The summed E-state index contributed by atoms with van der Waals surface area (Å²) in [4.78, 5) is 0. The van der Waals surface area contributed by atoms with Gasteiger partial charge in [0.05, 0.1) is 0 Å². The average Bonchev–Trinajstić information content (AvgIpc) is 2.56. The van der Waals surface area contributed by atoms with E-state index in [0.717, 1.165) is 12.8 Å². The van der Waals surface area contributed by atoms with Gasteiger partial charge in [-0.3, -0.25) is 0 Å². The van der Waals surface area contributed by atoms with E-state index < -0.39 is 0 Å². The summed E-state index contributed by atoms with van der Waals surface area (Å²) in [5.74, 6) is 0. The molecule has 2 aromatic rings. The second-order valence-corrected chi connectivity index (χ2v) is 6.69. The summed E-state index contributed by atoms with van der Waals surface area (Å²) in [6, 6.07) is 22.5. The Balaban J connectivity index is 0. The van der Waals surface area contributed by atoms with Gasteiger partial charge >= 0.3 is 0 Å². The molecule has 0 heterocycles. The lowest BCUT2D eigenvalue weighted by Crippen LogP contribution is -1.93. The van der Waals surface area contributed by atoms with Gasteiger partial charge in [0, 0.05) is 0 Å². The molecule has 0 amide bonds. The Morgan fingerprint density at radius 3 is 1.17 bits per heavy atom. The van der Waals surface area contributed by atoms with E-state index >= 15 is 0 Å². The molecule has 2 aromatic carbocycles. The molecule has 0 fully saturated rings. The standard InChI is InChI=1S/C8H10.C6H6.C5H12.C4H8/c1-2-8-6-4-3-5-7-8;1-2-4-6-5-3-1;1-5(2,3)4;1-3-4-2/h3-7H,2H2,1H3;1-6H;1-4H3;3H,1,4H2,2H3. The van der Waals surface area contributed by atoms with Gasteiger partial charge in [0.15, 0.2) is 0 Å². The minimum absolute atomic E-state index is 0.500. The summed E-state index contributed by atoms with van der Waals surface area (Å²) in [7, 11) is 0. The van der Waals surface area contributed by atoms with Crippen LogP contribution < -0.4 is 0 Å². The second kappa shape index (κ2) is 16.5. The Hall–Kier alpha value is -1.82. The van der Waals surface area contributed by atoms with E-state index in [1.807, 2.05) is 48.5 Å². The van der Waals surface area contributed by atoms with Gasteiger partial charge in [0.2, 0.25) is 0 Å². The van der Waals surface area contributed by atoms with Crippen molar-refractivity contribution in [2.24, 2.45) is 5.41 Å². The minimum atomic E-state index is 0.500. The average molecular weight is 313 g/mol. The van der Waals surface area contributed by atoms with Crippen molar-refractivity contribution in [3.05, 3.63) is 84.9 Å². The van der Waals surface area contributed by atoms with Crippen LogP contribution in [-0.2, 0) is 6.42 Å². The minimum Gasteiger partial charge on any atom is -0.103 e. The third-order valence-corrected chi connectivity index (χ3v) is 2.21. The van der Waals surface area contributed by atoms with Gasteiger partial charge < -0.3 is 0 Å². The fourth-order valence-electron chi connectivity index (χ4n) is 1.10. The summed E-state index contributed by atoms with van der Waals surface area (Å²) in [5, 5.41) is 0. The number of benzene rings is 2. The van der Waals surface area contributed by atoms with E-state index in [2.05, 4.69) is 72.4 Å². The highest BCUT2D eigenvalue weighted by Crippen LogP contribution is 2.08. The molecule has 0 aliphatic carbocycles. The molecule has 128 valence electrons. The fourth-order valence-corrected chi connectivity index (χ4v) is 1.10. The predicted molar refractivity (Wildman–Crippen MR) is 108 cm³/mol. The Kier molecular flexibility index (Phi) is 16.9. The first-order valence-corrected chi connectivity index (χ1v) is 8.49. The van der Waals surface area contributed by atoms with E-state index in [-0.39, 0.29) is 0 Å². The SMILES string of the molecule is C=CCC.CC(C)(C)C.CCc1ccccc1.c1ccccc1. The van der Waals surface area contributed by atoms with Gasteiger partial charge in [-0.2, -0.15) is 0 Å². The topological polar surface area (TPSA) is 0 Å². The first-order valence-electron chi connectivity index (χ1n) is 8.49. The van der Waals surface area contributed by atoms with Crippen molar-refractivity contribution < 1.29 is 0 Å². The van der Waals surface area contributed by atoms with Gasteiger partial charge in [-0.05, 0) is 23.8 Å². The Morgan fingerprint density at radius 2 is 1.00 bits per heavy atom. The summed E-state index contributed by atoms with van der Waals surface area (Å²) >= 11 is 0. The number of allylic oxidation sites excluding steroid dienone is 1. The molecular formula is C23H36. The summed E-state index contributed by atoms with van der Waals surface area (Å²) in [5.41, 5.74) is 1.91. The molecule has 0 atom stereocenters. The second-order valence-electron chi connectivity index (χ2n) is 6.69. The molecule has 0 unspecified atom stereocenters. The van der Waals surface area contributed by atoms with Crippen LogP contribution in [0, 0.1) is 5.41 Å². The van der Waals surface area contributed by atoms with Crippen LogP contribution in [0.2, 0.25) is 0 Å². The van der Waals surface area contributed by atoms with Gasteiger partial charge in [-0.15, -0.1) is 6.58 Å². The lowest BCUT2D eigenvalue weighted by atomic mass is 10.0. The summed E-state index contributed by atoms with van der Waals surface area (Å²) in [6.07, 6.45) is 4.10. The van der Waals surface area contributed by atoms with Gasteiger partial charge in [-0.1, -0.05) is 114 Å². The number of hydrogen-bond donors (Lipinski definition) is 0. The number of hydrogen-bond acceptors (Lipinski definition) is 0. The van der Waals surface area contributed by atoms with E-state index in [4.69, 9.17) is 0 Å². The summed E-state index contributed by atoms with van der Waals surface area (Å²) in [6.45, 7) is 16.5. The third kappa shape index (κ3) is 28.9. The monoisotopic (exact) mass is 312 g/mol. The van der Waals surface area contributed by atoms with Crippen LogP contribution in [0.5, 0.6) is 0 Å². The maximum Gasteiger partial charge on any atom is -0.0307 e. The van der Waals surface area contributed by atoms with Gasteiger partial charge in [0.1, 0.15) is 0 Å². The van der Waals surface area contributed by atoms with Crippen molar-refractivity contribution in [3.63, 3.8) is 0 Å². The highest BCUT2D eigenvalue weighted by molar-refractivity contribution is 5.13. The van der Waals surface area contributed by atoms with Crippen molar-refractivity contribution in [2.75, 3.05) is 0 Å². The maximum atomic E-state index is 3.48. The zero-order valence-corrected chi connectivity index (χ0v) is 16.0. The molecule has 0 radical (unpaired) electrons. The number of rotatable bonds is 2. The zero-order valence-electron chi connectivity index (χ0n) is 16.0. The normalized spacial score (nSPS) is 8.96. The third-order valence-electron chi connectivity index (χ3n) is 2.21. The van der Waals surface area contributed by atoms with Crippen LogP contribution in [0.15, 0.2) is 79.4 Å². The van der Waals surface area contributed by atoms with Crippen molar-refractivity contribution in [2.45, 2.75) is 54.4 Å². The largest absolute Gasteiger partial charge is 0.103 e. The van der Waals surface area contributed by atoms with E-state index in [9.17, 15) is 0 Å². The molecule has 0 aliphatic rings. The molecule has 23 heavy (non-hydrogen) atoms. The van der Waals surface area contributed by atoms with E-state index in [1.165, 1.54) is 5.56 Å². The van der Waals surface area contributed by atoms with Gasteiger partial charge in [0.25, 0.3) is 0 Å². The highest BCUT2D eigenvalue weighted by atomic mass is 14.0. The van der Waals surface area contributed by atoms with E-state index in [1.54, 1.807) is 0 Å².